The van der Waals surface area contributed by atoms with E-state index in [1.807, 2.05) is 6.08 Å². The van der Waals surface area contributed by atoms with Gasteiger partial charge >= 0.3 is 0 Å². The zero-order chi connectivity index (χ0) is 10.3. The minimum absolute atomic E-state index is 0.164. The Morgan fingerprint density at radius 1 is 1.23 bits per heavy atom. The molecule has 0 aromatic carbocycles. The maximum Gasteiger partial charge on any atom is 0.0615 e. The Hall–Kier alpha value is -0.560. The number of hydrogen-bond donors (Lipinski definition) is 1. The van der Waals surface area contributed by atoms with Gasteiger partial charge in [-0.05, 0) is 39.5 Å². The van der Waals surface area contributed by atoms with Crippen molar-refractivity contribution < 1.29 is 5.11 Å². The topological polar surface area (TPSA) is 20.2 Å². The summed E-state index contributed by atoms with van der Waals surface area (Å²) >= 11 is 0. The highest BCUT2D eigenvalue weighted by molar-refractivity contribution is 5.06. The van der Waals surface area contributed by atoms with Gasteiger partial charge in [0.05, 0.1) is 6.61 Å². The summed E-state index contributed by atoms with van der Waals surface area (Å²) in [7, 11) is 0. The van der Waals surface area contributed by atoms with E-state index in [0.29, 0.717) is 5.92 Å². The maximum atomic E-state index is 8.77. The van der Waals surface area contributed by atoms with E-state index >= 15 is 0 Å². The third kappa shape index (κ3) is 5.64. The third-order valence-electron chi connectivity index (χ3n) is 2.36. The van der Waals surface area contributed by atoms with E-state index < -0.39 is 0 Å². The molecule has 76 valence electrons. The largest absolute Gasteiger partial charge is 0.392 e. The molecule has 1 atom stereocenters. The lowest BCUT2D eigenvalue weighted by Crippen LogP contribution is -2.00. The molecule has 1 N–H and O–H groups in total. The molecule has 0 fully saturated rings. The molecule has 0 heterocycles. The SMILES string of the molecule is CCC(CC=C(C)C)C(C)=CCO. The predicted octanol–water partition coefficient (Wildman–Crippen LogP) is 3.31. The summed E-state index contributed by atoms with van der Waals surface area (Å²) in [6.07, 6.45) is 6.42. The number of rotatable bonds is 5. The fourth-order valence-corrected chi connectivity index (χ4v) is 1.36. The maximum absolute atomic E-state index is 8.77. The molecule has 13 heavy (non-hydrogen) atoms. The highest BCUT2D eigenvalue weighted by Crippen LogP contribution is 2.19. The van der Waals surface area contributed by atoms with Gasteiger partial charge in [-0.15, -0.1) is 0 Å². The van der Waals surface area contributed by atoms with Crippen LogP contribution in [0.1, 0.15) is 40.5 Å². The lowest BCUT2D eigenvalue weighted by atomic mass is 9.93. The van der Waals surface area contributed by atoms with Crippen LogP contribution in [-0.4, -0.2) is 11.7 Å². The summed E-state index contributed by atoms with van der Waals surface area (Å²) in [5.41, 5.74) is 2.68. The standard InChI is InChI=1S/C12H22O/c1-5-12(7-6-10(2)3)11(4)8-9-13/h6,8,12-13H,5,7,9H2,1-4H3. The Morgan fingerprint density at radius 2 is 1.85 bits per heavy atom. The van der Waals surface area contributed by atoms with Crippen molar-refractivity contribution >= 4 is 0 Å². The second kappa shape index (κ2) is 6.90. The number of aliphatic hydroxyl groups excluding tert-OH is 1. The van der Waals surface area contributed by atoms with Crippen molar-refractivity contribution in [2.75, 3.05) is 6.61 Å². The van der Waals surface area contributed by atoms with Crippen molar-refractivity contribution in [2.45, 2.75) is 40.5 Å². The van der Waals surface area contributed by atoms with Gasteiger partial charge < -0.3 is 5.11 Å². The third-order valence-corrected chi connectivity index (χ3v) is 2.36. The molecular formula is C12H22O. The van der Waals surface area contributed by atoms with Crippen LogP contribution in [0.5, 0.6) is 0 Å². The van der Waals surface area contributed by atoms with Crippen LogP contribution in [0.15, 0.2) is 23.3 Å². The molecule has 1 nitrogen and oxygen atoms in total. The van der Waals surface area contributed by atoms with Gasteiger partial charge in [-0.25, -0.2) is 0 Å². The van der Waals surface area contributed by atoms with E-state index in [0.717, 1.165) is 12.8 Å². The molecule has 0 aliphatic heterocycles. The molecule has 0 spiro atoms. The summed E-state index contributed by atoms with van der Waals surface area (Å²) in [5.74, 6) is 0.599. The van der Waals surface area contributed by atoms with Crippen LogP contribution >= 0.6 is 0 Å². The lowest BCUT2D eigenvalue weighted by Gasteiger charge is -2.13. The van der Waals surface area contributed by atoms with Gasteiger partial charge in [-0.3, -0.25) is 0 Å². The summed E-state index contributed by atoms with van der Waals surface area (Å²) in [6.45, 7) is 8.70. The highest BCUT2D eigenvalue weighted by atomic mass is 16.2. The predicted molar refractivity (Wildman–Crippen MR) is 58.7 cm³/mol. The molecule has 0 saturated heterocycles. The van der Waals surface area contributed by atoms with Crippen molar-refractivity contribution in [1.29, 1.82) is 0 Å². The fraction of sp³-hybridized carbons (Fsp3) is 0.667. The second-order valence-corrected chi connectivity index (χ2v) is 3.75. The molecule has 0 radical (unpaired) electrons. The van der Waals surface area contributed by atoms with E-state index in [1.54, 1.807) is 0 Å². The van der Waals surface area contributed by atoms with Crippen LogP contribution in [0.4, 0.5) is 0 Å². The number of hydrogen-bond acceptors (Lipinski definition) is 1. The zero-order valence-electron chi connectivity index (χ0n) is 9.30. The van der Waals surface area contributed by atoms with Gasteiger partial charge in [-0.1, -0.05) is 30.2 Å². The smallest absolute Gasteiger partial charge is 0.0615 e. The molecule has 0 amide bonds. The summed E-state index contributed by atoms with van der Waals surface area (Å²) in [4.78, 5) is 0. The molecule has 0 aliphatic carbocycles. The molecule has 1 heteroatoms. The molecule has 0 aliphatic rings. The summed E-state index contributed by atoms with van der Waals surface area (Å²) in [6, 6.07) is 0. The van der Waals surface area contributed by atoms with E-state index in [9.17, 15) is 0 Å². The van der Waals surface area contributed by atoms with Gasteiger partial charge in [0, 0.05) is 0 Å². The van der Waals surface area contributed by atoms with E-state index in [2.05, 4.69) is 33.8 Å². The van der Waals surface area contributed by atoms with E-state index in [1.165, 1.54) is 11.1 Å². The molecule has 1 unspecified atom stereocenters. The Bertz CT molecular complexity index is 185. The zero-order valence-corrected chi connectivity index (χ0v) is 9.30. The van der Waals surface area contributed by atoms with Gasteiger partial charge in [0.25, 0.3) is 0 Å². The average molecular weight is 182 g/mol. The minimum atomic E-state index is 0.164. The quantitative estimate of drug-likeness (QED) is 0.647. The van der Waals surface area contributed by atoms with Crippen LogP contribution in [0, 0.1) is 5.92 Å². The van der Waals surface area contributed by atoms with Crippen LogP contribution in [0.25, 0.3) is 0 Å². The van der Waals surface area contributed by atoms with E-state index in [-0.39, 0.29) is 6.61 Å². The first-order valence-electron chi connectivity index (χ1n) is 5.02. The first kappa shape index (κ1) is 12.4. The van der Waals surface area contributed by atoms with Crippen LogP contribution in [-0.2, 0) is 0 Å². The van der Waals surface area contributed by atoms with Crippen LogP contribution in [0.3, 0.4) is 0 Å². The molecule has 0 bridgehead atoms. The second-order valence-electron chi connectivity index (χ2n) is 3.75. The van der Waals surface area contributed by atoms with Crippen molar-refractivity contribution in [2.24, 2.45) is 5.92 Å². The average Bonchev–Trinajstić information content (AvgIpc) is 2.05. The van der Waals surface area contributed by atoms with Crippen molar-refractivity contribution in [3.63, 3.8) is 0 Å². The van der Waals surface area contributed by atoms with Crippen LogP contribution < -0.4 is 0 Å². The number of allylic oxidation sites excluding steroid dienone is 3. The number of aliphatic hydroxyl groups is 1. The first-order chi connectivity index (χ1) is 6.11. The Kier molecular flexibility index (Phi) is 6.61. The Labute approximate surface area is 82.2 Å². The van der Waals surface area contributed by atoms with Crippen molar-refractivity contribution in [1.82, 2.24) is 0 Å². The Morgan fingerprint density at radius 3 is 2.23 bits per heavy atom. The normalized spacial score (nSPS) is 14.1. The summed E-state index contributed by atoms with van der Waals surface area (Å²) < 4.78 is 0. The van der Waals surface area contributed by atoms with Crippen molar-refractivity contribution in [3.8, 4) is 0 Å². The molecule has 0 aromatic rings. The highest BCUT2D eigenvalue weighted by Gasteiger charge is 2.05. The monoisotopic (exact) mass is 182 g/mol. The van der Waals surface area contributed by atoms with Gasteiger partial charge in [0.1, 0.15) is 0 Å². The van der Waals surface area contributed by atoms with Gasteiger partial charge in [-0.2, -0.15) is 0 Å². The Balaban J connectivity index is 4.18. The molecular weight excluding hydrogens is 160 g/mol. The fourth-order valence-electron chi connectivity index (χ4n) is 1.36. The van der Waals surface area contributed by atoms with Gasteiger partial charge in [0.2, 0.25) is 0 Å². The molecule has 0 saturated carbocycles. The van der Waals surface area contributed by atoms with E-state index in [4.69, 9.17) is 5.11 Å². The lowest BCUT2D eigenvalue weighted by molar-refractivity contribution is 0.340. The van der Waals surface area contributed by atoms with Crippen molar-refractivity contribution in [3.05, 3.63) is 23.3 Å². The van der Waals surface area contributed by atoms with Gasteiger partial charge in [0.15, 0.2) is 0 Å². The molecule has 0 aromatic heterocycles. The molecule has 0 rings (SSSR count). The minimum Gasteiger partial charge on any atom is -0.392 e. The summed E-state index contributed by atoms with van der Waals surface area (Å²) in [5, 5.41) is 8.77. The first-order valence-corrected chi connectivity index (χ1v) is 5.02. The van der Waals surface area contributed by atoms with Crippen LogP contribution in [0.2, 0.25) is 0 Å².